The van der Waals surface area contributed by atoms with Crippen LogP contribution in [0.3, 0.4) is 0 Å². The molecule has 3 rings (SSSR count). The Morgan fingerprint density at radius 1 is 1.05 bits per heavy atom. The number of nitrogens with one attached hydrogen (secondary N) is 1. The summed E-state index contributed by atoms with van der Waals surface area (Å²) in [5, 5.41) is 15.0. The molecular weight excluding hydrogens is 266 g/mol. The SMILES string of the molecule is O=[N+]([O-])c1ccc(CNc2cccc3cccnc23)cc1. The van der Waals surface area contributed by atoms with E-state index in [0.29, 0.717) is 6.54 Å². The van der Waals surface area contributed by atoms with Gasteiger partial charge in [-0.05, 0) is 17.7 Å². The zero-order valence-electron chi connectivity index (χ0n) is 11.2. The minimum Gasteiger partial charge on any atom is -0.379 e. The van der Waals surface area contributed by atoms with Crippen molar-refractivity contribution < 1.29 is 4.92 Å². The fourth-order valence-electron chi connectivity index (χ4n) is 2.18. The second-order valence-corrected chi connectivity index (χ2v) is 4.66. The number of anilines is 1. The molecule has 0 saturated carbocycles. The molecule has 0 bridgehead atoms. The van der Waals surface area contributed by atoms with Gasteiger partial charge in [0, 0.05) is 30.3 Å². The number of para-hydroxylation sites is 1. The maximum atomic E-state index is 10.6. The number of rotatable bonds is 4. The van der Waals surface area contributed by atoms with Gasteiger partial charge in [0.25, 0.3) is 5.69 Å². The van der Waals surface area contributed by atoms with Crippen molar-refractivity contribution in [1.29, 1.82) is 0 Å². The molecule has 1 aromatic heterocycles. The lowest BCUT2D eigenvalue weighted by Gasteiger charge is -2.09. The average molecular weight is 279 g/mol. The van der Waals surface area contributed by atoms with Crippen LogP contribution in [0.25, 0.3) is 10.9 Å². The number of aromatic nitrogens is 1. The minimum absolute atomic E-state index is 0.102. The lowest BCUT2D eigenvalue weighted by Crippen LogP contribution is -2.00. The Morgan fingerprint density at radius 3 is 2.57 bits per heavy atom. The van der Waals surface area contributed by atoms with Gasteiger partial charge in [-0.3, -0.25) is 15.1 Å². The molecule has 0 aliphatic carbocycles. The summed E-state index contributed by atoms with van der Waals surface area (Å²) in [6, 6.07) is 16.4. The highest BCUT2D eigenvalue weighted by molar-refractivity contribution is 5.90. The van der Waals surface area contributed by atoms with E-state index in [2.05, 4.69) is 10.3 Å². The summed E-state index contributed by atoms with van der Waals surface area (Å²) in [7, 11) is 0. The molecule has 1 N–H and O–H groups in total. The quantitative estimate of drug-likeness (QED) is 0.583. The van der Waals surface area contributed by atoms with E-state index in [0.717, 1.165) is 22.2 Å². The molecule has 0 spiro atoms. The van der Waals surface area contributed by atoms with Gasteiger partial charge in [0.1, 0.15) is 0 Å². The van der Waals surface area contributed by atoms with Gasteiger partial charge in [-0.1, -0.05) is 30.3 Å². The molecule has 0 saturated heterocycles. The summed E-state index contributed by atoms with van der Waals surface area (Å²) < 4.78 is 0. The van der Waals surface area contributed by atoms with E-state index in [1.165, 1.54) is 12.1 Å². The number of benzene rings is 2. The molecule has 0 atom stereocenters. The van der Waals surface area contributed by atoms with Crippen LogP contribution in [0, 0.1) is 10.1 Å². The standard InChI is InChI=1S/C16H13N3O2/c20-19(21)14-8-6-12(7-9-14)11-18-15-5-1-3-13-4-2-10-17-16(13)15/h1-10,18H,11H2. The summed E-state index contributed by atoms with van der Waals surface area (Å²) >= 11 is 0. The largest absolute Gasteiger partial charge is 0.379 e. The first-order valence-electron chi connectivity index (χ1n) is 6.55. The van der Waals surface area contributed by atoms with Crippen LogP contribution in [0.2, 0.25) is 0 Å². The molecule has 0 unspecified atom stereocenters. The molecule has 2 aromatic carbocycles. The van der Waals surface area contributed by atoms with E-state index in [1.54, 1.807) is 18.3 Å². The highest BCUT2D eigenvalue weighted by Gasteiger charge is 2.05. The topological polar surface area (TPSA) is 68.1 Å². The first-order valence-corrected chi connectivity index (χ1v) is 6.55. The second-order valence-electron chi connectivity index (χ2n) is 4.66. The molecule has 1 heterocycles. The fraction of sp³-hybridized carbons (Fsp3) is 0.0625. The van der Waals surface area contributed by atoms with Gasteiger partial charge >= 0.3 is 0 Å². The molecule has 0 radical (unpaired) electrons. The van der Waals surface area contributed by atoms with E-state index in [9.17, 15) is 10.1 Å². The predicted molar refractivity (Wildman–Crippen MR) is 82.2 cm³/mol. The summed E-state index contributed by atoms with van der Waals surface area (Å²) in [5.74, 6) is 0. The first kappa shape index (κ1) is 13.1. The highest BCUT2D eigenvalue weighted by Crippen LogP contribution is 2.21. The minimum atomic E-state index is -0.397. The van der Waals surface area contributed by atoms with E-state index in [4.69, 9.17) is 0 Å². The Labute approximate surface area is 121 Å². The van der Waals surface area contributed by atoms with E-state index >= 15 is 0 Å². The summed E-state index contributed by atoms with van der Waals surface area (Å²) in [4.78, 5) is 14.6. The highest BCUT2D eigenvalue weighted by atomic mass is 16.6. The Bertz CT molecular complexity index is 780. The second kappa shape index (κ2) is 5.58. The van der Waals surface area contributed by atoms with Crippen LogP contribution in [0.4, 0.5) is 11.4 Å². The Hall–Kier alpha value is -2.95. The van der Waals surface area contributed by atoms with Gasteiger partial charge in [-0.2, -0.15) is 0 Å². The number of nitrogens with zero attached hydrogens (tertiary/aromatic N) is 2. The zero-order valence-corrected chi connectivity index (χ0v) is 11.2. The maximum absolute atomic E-state index is 10.6. The van der Waals surface area contributed by atoms with Gasteiger partial charge in [-0.15, -0.1) is 0 Å². The van der Waals surface area contributed by atoms with Gasteiger partial charge in [0.05, 0.1) is 16.1 Å². The van der Waals surface area contributed by atoms with E-state index in [1.807, 2.05) is 30.3 Å². The molecule has 21 heavy (non-hydrogen) atoms. The predicted octanol–water partition coefficient (Wildman–Crippen LogP) is 3.76. The van der Waals surface area contributed by atoms with Crippen molar-refractivity contribution >= 4 is 22.3 Å². The van der Waals surface area contributed by atoms with Crippen LogP contribution in [0.1, 0.15) is 5.56 Å². The fourth-order valence-corrected chi connectivity index (χ4v) is 2.18. The summed E-state index contributed by atoms with van der Waals surface area (Å²) in [5.41, 5.74) is 2.95. The number of pyridine rings is 1. The number of non-ortho nitro benzene ring substituents is 1. The average Bonchev–Trinajstić information content (AvgIpc) is 2.53. The van der Waals surface area contributed by atoms with Gasteiger partial charge in [0.2, 0.25) is 0 Å². The molecule has 0 amide bonds. The van der Waals surface area contributed by atoms with Crippen LogP contribution >= 0.6 is 0 Å². The third kappa shape index (κ3) is 2.81. The normalized spacial score (nSPS) is 10.5. The Morgan fingerprint density at radius 2 is 1.81 bits per heavy atom. The molecule has 3 aromatic rings. The number of hydrogen-bond donors (Lipinski definition) is 1. The summed E-state index contributed by atoms with van der Waals surface area (Å²) in [6.45, 7) is 0.591. The third-order valence-corrected chi connectivity index (χ3v) is 3.26. The monoisotopic (exact) mass is 279 g/mol. The van der Waals surface area contributed by atoms with Crippen molar-refractivity contribution in [2.24, 2.45) is 0 Å². The van der Waals surface area contributed by atoms with Crippen LogP contribution in [-0.2, 0) is 6.54 Å². The van der Waals surface area contributed by atoms with Gasteiger partial charge < -0.3 is 5.32 Å². The van der Waals surface area contributed by atoms with Gasteiger partial charge in [-0.25, -0.2) is 0 Å². The molecule has 0 fully saturated rings. The van der Waals surface area contributed by atoms with Crippen molar-refractivity contribution in [2.75, 3.05) is 5.32 Å². The van der Waals surface area contributed by atoms with Crippen molar-refractivity contribution in [2.45, 2.75) is 6.54 Å². The van der Waals surface area contributed by atoms with Crippen LogP contribution in [-0.4, -0.2) is 9.91 Å². The molecule has 0 aliphatic rings. The molecule has 0 aliphatic heterocycles. The number of nitro benzene ring substituents is 1. The van der Waals surface area contributed by atoms with Crippen LogP contribution in [0.15, 0.2) is 60.8 Å². The molecule has 5 heteroatoms. The Kier molecular flexibility index (Phi) is 3.47. The van der Waals surface area contributed by atoms with Crippen LogP contribution in [0.5, 0.6) is 0 Å². The number of nitro groups is 1. The molecular formula is C16H13N3O2. The lowest BCUT2D eigenvalue weighted by atomic mass is 10.1. The number of hydrogen-bond acceptors (Lipinski definition) is 4. The van der Waals surface area contributed by atoms with E-state index in [-0.39, 0.29) is 5.69 Å². The molecule has 5 nitrogen and oxygen atoms in total. The number of fused-ring (bicyclic) bond motifs is 1. The van der Waals surface area contributed by atoms with Crippen molar-refractivity contribution in [1.82, 2.24) is 4.98 Å². The Balaban J connectivity index is 1.79. The third-order valence-electron chi connectivity index (χ3n) is 3.26. The first-order chi connectivity index (χ1) is 10.2. The molecule has 104 valence electrons. The lowest BCUT2D eigenvalue weighted by molar-refractivity contribution is -0.384. The smallest absolute Gasteiger partial charge is 0.269 e. The van der Waals surface area contributed by atoms with Crippen molar-refractivity contribution in [3.05, 3.63) is 76.5 Å². The van der Waals surface area contributed by atoms with Crippen molar-refractivity contribution in [3.63, 3.8) is 0 Å². The summed E-state index contributed by atoms with van der Waals surface area (Å²) in [6.07, 6.45) is 1.76. The van der Waals surface area contributed by atoms with Crippen molar-refractivity contribution in [3.8, 4) is 0 Å². The zero-order chi connectivity index (χ0) is 14.7. The van der Waals surface area contributed by atoms with Crippen LogP contribution < -0.4 is 5.32 Å². The maximum Gasteiger partial charge on any atom is 0.269 e. The van der Waals surface area contributed by atoms with E-state index < -0.39 is 4.92 Å². The van der Waals surface area contributed by atoms with Gasteiger partial charge in [0.15, 0.2) is 0 Å².